The lowest BCUT2D eigenvalue weighted by atomic mass is 9.99. The molecule has 0 heterocycles. The zero-order chi connectivity index (χ0) is 13.9. The highest BCUT2D eigenvalue weighted by Gasteiger charge is 2.21. The van der Waals surface area contributed by atoms with Crippen molar-refractivity contribution >= 4 is 5.97 Å². The van der Waals surface area contributed by atoms with Crippen LogP contribution in [0.4, 0.5) is 0 Å². The molecule has 0 atom stereocenters. The van der Waals surface area contributed by atoms with Crippen molar-refractivity contribution in [3.8, 4) is 0 Å². The Morgan fingerprint density at radius 3 is 2.22 bits per heavy atom. The number of hydrogen-bond donors (Lipinski definition) is 0. The second-order valence-corrected chi connectivity index (χ2v) is 5.60. The predicted octanol–water partition coefficient (Wildman–Crippen LogP) is 5.03. The van der Waals surface area contributed by atoms with Crippen molar-refractivity contribution in [3.63, 3.8) is 0 Å². The molecule has 0 radical (unpaired) electrons. The highest BCUT2D eigenvalue weighted by molar-refractivity contribution is 5.71. The Bertz CT molecular complexity index is 231. The highest BCUT2D eigenvalue weighted by atomic mass is 16.6. The van der Waals surface area contributed by atoms with Crippen LogP contribution < -0.4 is 0 Å². The van der Waals surface area contributed by atoms with Crippen LogP contribution in [-0.2, 0) is 9.53 Å². The van der Waals surface area contributed by atoms with E-state index in [1.165, 1.54) is 38.5 Å². The summed E-state index contributed by atoms with van der Waals surface area (Å²) in [6, 6.07) is 0. The number of carbonyl (C=O) groups is 1. The average Bonchev–Trinajstić information content (AvgIpc) is 2.27. The van der Waals surface area contributed by atoms with E-state index in [1.54, 1.807) is 6.08 Å². The SMILES string of the molecule is C=CCC(=O)OC(C)(C)CCCCCCCCC. The van der Waals surface area contributed by atoms with Gasteiger partial charge in [-0.1, -0.05) is 51.5 Å². The first-order chi connectivity index (χ1) is 8.52. The van der Waals surface area contributed by atoms with E-state index < -0.39 is 0 Å². The lowest BCUT2D eigenvalue weighted by Crippen LogP contribution is -2.27. The van der Waals surface area contributed by atoms with Crippen molar-refractivity contribution in [3.05, 3.63) is 12.7 Å². The molecule has 18 heavy (non-hydrogen) atoms. The Labute approximate surface area is 113 Å². The van der Waals surface area contributed by atoms with E-state index in [9.17, 15) is 4.79 Å². The molecule has 106 valence electrons. The molecule has 2 heteroatoms. The van der Waals surface area contributed by atoms with E-state index in [2.05, 4.69) is 13.5 Å². The maximum atomic E-state index is 11.4. The fourth-order valence-electron chi connectivity index (χ4n) is 2.03. The maximum absolute atomic E-state index is 11.4. The molecule has 0 aliphatic carbocycles. The second kappa shape index (κ2) is 10.2. The predicted molar refractivity (Wildman–Crippen MR) is 77.6 cm³/mol. The Morgan fingerprint density at radius 1 is 1.11 bits per heavy atom. The first-order valence-electron chi connectivity index (χ1n) is 7.34. The Hall–Kier alpha value is -0.790. The van der Waals surface area contributed by atoms with Gasteiger partial charge in [-0.05, 0) is 26.7 Å². The van der Waals surface area contributed by atoms with Crippen molar-refractivity contribution < 1.29 is 9.53 Å². The van der Waals surface area contributed by atoms with Crippen LogP contribution in [0.3, 0.4) is 0 Å². The molecule has 0 spiro atoms. The number of rotatable bonds is 11. The summed E-state index contributed by atoms with van der Waals surface area (Å²) >= 11 is 0. The summed E-state index contributed by atoms with van der Waals surface area (Å²) in [5.41, 5.74) is -0.330. The van der Waals surface area contributed by atoms with E-state index in [0.717, 1.165) is 12.8 Å². The van der Waals surface area contributed by atoms with Crippen molar-refractivity contribution in [2.45, 2.75) is 84.2 Å². The molecule has 0 N–H and O–H groups in total. The van der Waals surface area contributed by atoms with Crippen LogP contribution in [0.15, 0.2) is 12.7 Å². The first kappa shape index (κ1) is 17.2. The minimum Gasteiger partial charge on any atom is -0.459 e. The van der Waals surface area contributed by atoms with Gasteiger partial charge >= 0.3 is 5.97 Å². The van der Waals surface area contributed by atoms with Crippen LogP contribution in [0, 0.1) is 0 Å². The summed E-state index contributed by atoms with van der Waals surface area (Å²) in [4.78, 5) is 11.4. The molecule has 0 aromatic heterocycles. The van der Waals surface area contributed by atoms with Crippen molar-refractivity contribution in [1.29, 1.82) is 0 Å². The molecule has 0 saturated heterocycles. The largest absolute Gasteiger partial charge is 0.459 e. The average molecular weight is 254 g/mol. The second-order valence-electron chi connectivity index (χ2n) is 5.60. The minimum atomic E-state index is -0.330. The number of unbranched alkanes of at least 4 members (excludes halogenated alkanes) is 6. The van der Waals surface area contributed by atoms with Crippen molar-refractivity contribution in [2.24, 2.45) is 0 Å². The van der Waals surface area contributed by atoms with Gasteiger partial charge in [0.1, 0.15) is 5.60 Å². The minimum absolute atomic E-state index is 0.169. The van der Waals surface area contributed by atoms with Crippen LogP contribution in [0.5, 0.6) is 0 Å². The number of carbonyl (C=O) groups excluding carboxylic acids is 1. The standard InChI is InChI=1S/C16H30O2/c1-5-7-8-9-10-11-12-14-16(3,4)18-15(17)13-6-2/h6H,2,5,7-14H2,1,3-4H3. The van der Waals surface area contributed by atoms with Gasteiger partial charge in [0.2, 0.25) is 0 Å². The fourth-order valence-corrected chi connectivity index (χ4v) is 2.03. The molecule has 0 aromatic rings. The molecule has 0 amide bonds. The summed E-state index contributed by atoms with van der Waals surface area (Å²) in [5, 5.41) is 0. The van der Waals surface area contributed by atoms with Gasteiger partial charge in [-0.2, -0.15) is 0 Å². The molecular weight excluding hydrogens is 224 g/mol. The lowest BCUT2D eigenvalue weighted by Gasteiger charge is -2.24. The van der Waals surface area contributed by atoms with Gasteiger partial charge in [-0.25, -0.2) is 0 Å². The summed E-state index contributed by atoms with van der Waals surface area (Å²) in [6.45, 7) is 9.76. The van der Waals surface area contributed by atoms with Gasteiger partial charge in [-0.15, -0.1) is 6.58 Å². The fraction of sp³-hybridized carbons (Fsp3) is 0.812. The number of hydrogen-bond acceptors (Lipinski definition) is 2. The van der Waals surface area contributed by atoms with Gasteiger partial charge in [0, 0.05) is 0 Å². The van der Waals surface area contributed by atoms with Gasteiger partial charge < -0.3 is 4.74 Å². The number of esters is 1. The summed E-state index contributed by atoms with van der Waals surface area (Å²) in [5.74, 6) is -0.169. The summed E-state index contributed by atoms with van der Waals surface area (Å²) in [7, 11) is 0. The van der Waals surface area contributed by atoms with Gasteiger partial charge in [0.15, 0.2) is 0 Å². The molecule has 0 bridgehead atoms. The molecule has 0 aromatic carbocycles. The zero-order valence-electron chi connectivity index (χ0n) is 12.5. The van der Waals surface area contributed by atoms with E-state index in [0.29, 0.717) is 6.42 Å². The molecule has 0 fully saturated rings. The quantitative estimate of drug-likeness (QED) is 0.294. The third-order valence-corrected chi connectivity index (χ3v) is 3.08. The molecular formula is C16H30O2. The summed E-state index contributed by atoms with van der Waals surface area (Å²) in [6.07, 6.45) is 11.9. The third kappa shape index (κ3) is 10.4. The number of ether oxygens (including phenoxy) is 1. The Balaban J connectivity index is 3.57. The first-order valence-corrected chi connectivity index (χ1v) is 7.34. The smallest absolute Gasteiger partial charge is 0.310 e. The third-order valence-electron chi connectivity index (χ3n) is 3.08. The normalized spacial score (nSPS) is 11.3. The van der Waals surface area contributed by atoms with Crippen molar-refractivity contribution in [2.75, 3.05) is 0 Å². The molecule has 0 aliphatic heterocycles. The van der Waals surface area contributed by atoms with Crippen LogP contribution in [0.2, 0.25) is 0 Å². The van der Waals surface area contributed by atoms with Crippen LogP contribution >= 0.6 is 0 Å². The topological polar surface area (TPSA) is 26.3 Å². The molecule has 0 aliphatic rings. The maximum Gasteiger partial charge on any atom is 0.310 e. The Kier molecular flexibility index (Phi) is 9.72. The Morgan fingerprint density at radius 2 is 1.67 bits per heavy atom. The van der Waals surface area contributed by atoms with E-state index in [4.69, 9.17) is 4.74 Å². The monoisotopic (exact) mass is 254 g/mol. The van der Waals surface area contributed by atoms with Crippen LogP contribution in [-0.4, -0.2) is 11.6 Å². The lowest BCUT2D eigenvalue weighted by molar-refractivity contribution is -0.156. The zero-order valence-corrected chi connectivity index (χ0v) is 12.5. The summed E-state index contributed by atoms with van der Waals surface area (Å²) < 4.78 is 5.41. The van der Waals surface area contributed by atoms with Gasteiger partial charge in [0.25, 0.3) is 0 Å². The van der Waals surface area contributed by atoms with Crippen molar-refractivity contribution in [1.82, 2.24) is 0 Å². The van der Waals surface area contributed by atoms with E-state index >= 15 is 0 Å². The van der Waals surface area contributed by atoms with E-state index in [1.807, 2.05) is 13.8 Å². The van der Waals surface area contributed by atoms with Gasteiger partial charge in [-0.3, -0.25) is 4.79 Å². The van der Waals surface area contributed by atoms with E-state index in [-0.39, 0.29) is 11.6 Å². The molecule has 0 saturated carbocycles. The molecule has 2 nitrogen and oxygen atoms in total. The van der Waals surface area contributed by atoms with Crippen LogP contribution in [0.25, 0.3) is 0 Å². The van der Waals surface area contributed by atoms with Gasteiger partial charge in [0.05, 0.1) is 6.42 Å². The molecule has 0 rings (SSSR count). The molecule has 0 unspecified atom stereocenters. The highest BCUT2D eigenvalue weighted by Crippen LogP contribution is 2.20. The van der Waals surface area contributed by atoms with Crippen LogP contribution in [0.1, 0.15) is 78.6 Å².